The van der Waals surface area contributed by atoms with Crippen molar-refractivity contribution < 1.29 is 17.6 Å². The molecule has 0 aliphatic carbocycles. The number of nitrogens with one attached hydrogen (secondary N) is 1. The molecule has 31 heavy (non-hydrogen) atoms. The maximum atomic E-state index is 13.1. The molecule has 1 N–H and O–H groups in total. The van der Waals surface area contributed by atoms with E-state index in [0.29, 0.717) is 11.3 Å². The van der Waals surface area contributed by atoms with Gasteiger partial charge in [0.15, 0.2) is 4.80 Å². The first kappa shape index (κ1) is 21.0. The molecule has 1 heterocycles. The molecule has 0 saturated carbocycles. The van der Waals surface area contributed by atoms with Gasteiger partial charge < -0.3 is 4.57 Å². The number of rotatable bonds is 5. The molecule has 4 aromatic rings. The molecule has 0 spiro atoms. The van der Waals surface area contributed by atoms with E-state index >= 15 is 0 Å². The average Bonchev–Trinajstić information content (AvgIpc) is 3.10. The van der Waals surface area contributed by atoms with Crippen LogP contribution < -0.4 is 9.52 Å². The quantitative estimate of drug-likeness (QED) is 0.484. The fraction of sp³-hybridized carbons (Fsp3) is 0.0909. The summed E-state index contributed by atoms with van der Waals surface area (Å²) in [7, 11) is -3.92. The van der Waals surface area contributed by atoms with Crippen molar-refractivity contribution >= 4 is 43.2 Å². The molecule has 1 aromatic heterocycles. The van der Waals surface area contributed by atoms with E-state index in [2.05, 4.69) is 9.71 Å². The lowest BCUT2D eigenvalue weighted by molar-refractivity contribution is 0.0998. The van der Waals surface area contributed by atoms with Crippen LogP contribution in [0, 0.1) is 5.82 Å². The lowest BCUT2D eigenvalue weighted by atomic mass is 10.2. The van der Waals surface area contributed by atoms with Crippen LogP contribution in [0.1, 0.15) is 17.3 Å². The number of carbonyl (C=O) groups excluding carboxylic acids is 1. The highest BCUT2D eigenvalue weighted by Crippen LogP contribution is 2.19. The number of para-hydroxylation sites is 1. The molecule has 6 nitrogen and oxygen atoms in total. The Kier molecular flexibility index (Phi) is 5.71. The number of hydrogen-bond acceptors (Lipinski definition) is 4. The first-order valence-electron chi connectivity index (χ1n) is 9.43. The Bertz CT molecular complexity index is 1440. The Hall–Kier alpha value is -3.30. The summed E-state index contributed by atoms with van der Waals surface area (Å²) >= 11 is 1.42. The van der Waals surface area contributed by atoms with Gasteiger partial charge in [-0.3, -0.25) is 9.52 Å². The number of halogens is 1. The van der Waals surface area contributed by atoms with Crippen molar-refractivity contribution in [3.63, 3.8) is 0 Å². The lowest BCUT2D eigenvalue weighted by Gasteiger charge is -2.08. The van der Waals surface area contributed by atoms with Crippen molar-refractivity contribution in [1.29, 1.82) is 0 Å². The maximum absolute atomic E-state index is 13.1. The van der Waals surface area contributed by atoms with Gasteiger partial charge in [-0.25, -0.2) is 12.8 Å². The van der Waals surface area contributed by atoms with Gasteiger partial charge in [0.05, 0.1) is 15.1 Å². The Morgan fingerprint density at radius 3 is 2.55 bits per heavy atom. The molecule has 0 aliphatic heterocycles. The van der Waals surface area contributed by atoms with Crippen molar-refractivity contribution in [2.75, 3.05) is 4.72 Å². The third-order valence-electron chi connectivity index (χ3n) is 4.59. The molecule has 1 amide bonds. The molecule has 3 aromatic carbocycles. The molecule has 0 saturated heterocycles. The first-order valence-corrected chi connectivity index (χ1v) is 11.7. The number of amides is 1. The molecule has 0 fully saturated rings. The van der Waals surface area contributed by atoms with Crippen molar-refractivity contribution in [3.8, 4) is 0 Å². The Balaban J connectivity index is 1.65. The minimum atomic E-state index is -3.92. The van der Waals surface area contributed by atoms with Gasteiger partial charge in [-0.05, 0) is 61.5 Å². The first-order chi connectivity index (χ1) is 14.9. The molecule has 0 aliphatic rings. The number of hydrogen-bond donors (Lipinski definition) is 1. The average molecular weight is 456 g/mol. The second-order valence-corrected chi connectivity index (χ2v) is 9.35. The molecule has 0 bridgehead atoms. The maximum Gasteiger partial charge on any atom is 0.279 e. The number of benzene rings is 3. The van der Waals surface area contributed by atoms with Gasteiger partial charge in [0.1, 0.15) is 5.82 Å². The second kappa shape index (κ2) is 8.44. The zero-order valence-electron chi connectivity index (χ0n) is 16.4. The summed E-state index contributed by atoms with van der Waals surface area (Å²) in [6.45, 7) is 2.64. The summed E-state index contributed by atoms with van der Waals surface area (Å²) < 4.78 is 43.5. The minimum absolute atomic E-state index is 0.0791. The predicted molar refractivity (Wildman–Crippen MR) is 119 cm³/mol. The van der Waals surface area contributed by atoms with E-state index in [-0.39, 0.29) is 16.1 Å². The van der Waals surface area contributed by atoms with Crippen molar-refractivity contribution in [2.24, 2.45) is 4.99 Å². The largest absolute Gasteiger partial charge is 0.317 e. The molecule has 9 heteroatoms. The van der Waals surface area contributed by atoms with Crippen LogP contribution in [0.2, 0.25) is 0 Å². The Morgan fingerprint density at radius 2 is 1.81 bits per heavy atom. The van der Waals surface area contributed by atoms with E-state index in [9.17, 15) is 17.6 Å². The van der Waals surface area contributed by atoms with Gasteiger partial charge in [0.2, 0.25) is 0 Å². The normalized spacial score (nSPS) is 12.3. The highest BCUT2D eigenvalue weighted by molar-refractivity contribution is 7.92. The minimum Gasteiger partial charge on any atom is -0.317 e. The number of fused-ring (bicyclic) bond motifs is 1. The predicted octanol–water partition coefficient (Wildman–Crippen LogP) is 4.40. The number of anilines is 1. The summed E-state index contributed by atoms with van der Waals surface area (Å²) in [4.78, 5) is 17.6. The van der Waals surface area contributed by atoms with Crippen molar-refractivity contribution in [1.82, 2.24) is 4.57 Å². The van der Waals surface area contributed by atoms with Crippen LogP contribution >= 0.6 is 11.3 Å². The van der Waals surface area contributed by atoms with Gasteiger partial charge in [-0.2, -0.15) is 4.99 Å². The number of aryl methyl sites for hydroxylation is 1. The molecule has 0 atom stereocenters. The van der Waals surface area contributed by atoms with Crippen LogP contribution in [0.4, 0.5) is 10.1 Å². The second-order valence-electron chi connectivity index (χ2n) is 6.65. The molecular weight excluding hydrogens is 437 g/mol. The zero-order valence-corrected chi connectivity index (χ0v) is 18.1. The van der Waals surface area contributed by atoms with E-state index in [1.165, 1.54) is 35.6 Å². The van der Waals surface area contributed by atoms with E-state index < -0.39 is 21.7 Å². The lowest BCUT2D eigenvalue weighted by Crippen LogP contribution is -2.16. The Morgan fingerprint density at radius 1 is 1.06 bits per heavy atom. The summed E-state index contributed by atoms with van der Waals surface area (Å²) in [6.07, 6.45) is 0. The van der Waals surface area contributed by atoms with E-state index in [4.69, 9.17) is 0 Å². The SMILES string of the molecule is CCn1c(=NC(=O)c2cccc(NS(=O)(=O)c3ccc(F)cc3)c2)sc2ccccc21. The molecule has 0 unspecified atom stereocenters. The highest BCUT2D eigenvalue weighted by Gasteiger charge is 2.15. The molecular formula is C22H18FN3O3S2. The topological polar surface area (TPSA) is 80.5 Å². The number of sulfonamides is 1. The summed E-state index contributed by atoms with van der Waals surface area (Å²) in [5.74, 6) is -1.00. The van der Waals surface area contributed by atoms with Gasteiger partial charge in [0, 0.05) is 17.8 Å². The third kappa shape index (κ3) is 4.42. The fourth-order valence-corrected chi connectivity index (χ4v) is 5.25. The van der Waals surface area contributed by atoms with Crippen LogP contribution in [-0.2, 0) is 16.6 Å². The van der Waals surface area contributed by atoms with Gasteiger partial charge in [-0.15, -0.1) is 0 Å². The monoisotopic (exact) mass is 455 g/mol. The van der Waals surface area contributed by atoms with Crippen LogP contribution in [0.15, 0.2) is 82.7 Å². The fourth-order valence-electron chi connectivity index (χ4n) is 3.11. The van der Waals surface area contributed by atoms with Crippen LogP contribution in [-0.4, -0.2) is 18.9 Å². The standard InChI is InChI=1S/C22H18FN3O3S2/c1-2-26-19-8-3-4-9-20(19)30-22(26)24-21(27)15-6-5-7-17(14-15)25-31(28,29)18-12-10-16(23)11-13-18/h3-14,25H,2H2,1H3. The Labute approximate surface area is 182 Å². The smallest absolute Gasteiger partial charge is 0.279 e. The van der Waals surface area contributed by atoms with Crippen LogP contribution in [0.25, 0.3) is 10.2 Å². The third-order valence-corrected chi connectivity index (χ3v) is 7.04. The van der Waals surface area contributed by atoms with Gasteiger partial charge >= 0.3 is 0 Å². The van der Waals surface area contributed by atoms with E-state index in [0.717, 1.165) is 22.3 Å². The van der Waals surface area contributed by atoms with E-state index in [1.54, 1.807) is 12.1 Å². The molecule has 158 valence electrons. The number of nitrogens with zero attached hydrogens (tertiary/aromatic N) is 2. The summed E-state index contributed by atoms with van der Waals surface area (Å²) in [6, 6.07) is 18.4. The molecule has 0 radical (unpaired) electrons. The number of carbonyl (C=O) groups is 1. The molecule has 4 rings (SSSR count). The van der Waals surface area contributed by atoms with Crippen molar-refractivity contribution in [3.05, 3.63) is 89.0 Å². The van der Waals surface area contributed by atoms with E-state index in [1.807, 2.05) is 35.8 Å². The van der Waals surface area contributed by atoms with Crippen molar-refractivity contribution in [2.45, 2.75) is 18.4 Å². The van der Waals surface area contributed by atoms with Crippen LogP contribution in [0.3, 0.4) is 0 Å². The number of thiazole rings is 1. The number of aromatic nitrogens is 1. The summed E-state index contributed by atoms with van der Waals surface area (Å²) in [5.41, 5.74) is 1.46. The summed E-state index contributed by atoms with van der Waals surface area (Å²) in [5, 5.41) is 0. The highest BCUT2D eigenvalue weighted by atomic mass is 32.2. The zero-order chi connectivity index (χ0) is 22.0. The van der Waals surface area contributed by atoms with Gasteiger partial charge in [0.25, 0.3) is 15.9 Å². The van der Waals surface area contributed by atoms with Crippen LogP contribution in [0.5, 0.6) is 0 Å². The van der Waals surface area contributed by atoms with Gasteiger partial charge in [-0.1, -0.05) is 29.5 Å².